The van der Waals surface area contributed by atoms with Crippen LogP contribution in [0.5, 0.6) is 0 Å². The summed E-state index contributed by atoms with van der Waals surface area (Å²) in [6, 6.07) is 3.33. The van der Waals surface area contributed by atoms with Crippen molar-refractivity contribution in [1.82, 2.24) is 14.8 Å². The van der Waals surface area contributed by atoms with Crippen molar-refractivity contribution in [2.24, 2.45) is 11.8 Å². The van der Waals surface area contributed by atoms with Gasteiger partial charge in [0.1, 0.15) is 12.1 Å². The Hall–Kier alpha value is -2.11. The van der Waals surface area contributed by atoms with Crippen LogP contribution in [0.1, 0.15) is 49.4 Å². The summed E-state index contributed by atoms with van der Waals surface area (Å²) < 4.78 is 1.32. The molecule has 1 atom stereocenters. The van der Waals surface area contributed by atoms with E-state index in [0.29, 0.717) is 18.4 Å². The maximum Gasteiger partial charge on any atom is 0.263 e. The lowest BCUT2D eigenvalue weighted by atomic mass is 9.85. The number of rotatable bonds is 7. The number of carbonyl (C=O) groups excluding carboxylic acids is 2. The van der Waals surface area contributed by atoms with Crippen molar-refractivity contribution in [3.63, 3.8) is 0 Å². The summed E-state index contributed by atoms with van der Waals surface area (Å²) in [6.45, 7) is 2.65. The van der Waals surface area contributed by atoms with Crippen molar-refractivity contribution in [1.29, 1.82) is 0 Å². The second kappa shape index (κ2) is 7.42. The van der Waals surface area contributed by atoms with Gasteiger partial charge in [0.2, 0.25) is 5.91 Å². The average molecular weight is 345 g/mol. The van der Waals surface area contributed by atoms with Crippen molar-refractivity contribution in [3.05, 3.63) is 34.2 Å². The number of amides is 2. The Balaban J connectivity index is 1.65. The Labute approximate surface area is 148 Å². The van der Waals surface area contributed by atoms with Gasteiger partial charge in [-0.2, -0.15) is 0 Å². The molecular weight excluding hydrogens is 318 g/mol. The zero-order valence-electron chi connectivity index (χ0n) is 15.0. The first-order chi connectivity index (χ1) is 12.0. The van der Waals surface area contributed by atoms with Crippen LogP contribution in [0.4, 0.5) is 0 Å². The Morgan fingerprint density at radius 3 is 2.64 bits per heavy atom. The number of aromatic nitrogens is 1. The van der Waals surface area contributed by atoms with E-state index in [1.807, 2.05) is 6.92 Å². The third-order valence-corrected chi connectivity index (χ3v) is 5.61. The quantitative estimate of drug-likeness (QED) is 0.816. The zero-order chi connectivity index (χ0) is 18.0. The third-order valence-electron chi connectivity index (χ3n) is 5.61. The molecule has 2 saturated carbocycles. The fraction of sp³-hybridized carbons (Fsp3) is 0.632. The standard InChI is InChI=1S/C19H27N3O3/c1-13(15-8-9-15)21(2)18(24)16-7-4-10-22(19(16)25)12-17(23)20-11-14-5-3-6-14/h4,7,10,13-15H,3,5-6,8-9,11-12H2,1-2H3,(H,20,23)/t13-/m0/s1. The fourth-order valence-corrected chi connectivity index (χ4v) is 3.26. The Bertz CT molecular complexity index is 704. The zero-order valence-corrected chi connectivity index (χ0v) is 15.0. The van der Waals surface area contributed by atoms with Crippen molar-refractivity contribution in [2.45, 2.75) is 51.6 Å². The van der Waals surface area contributed by atoms with Gasteiger partial charge in [-0.15, -0.1) is 0 Å². The lowest BCUT2D eigenvalue weighted by molar-refractivity contribution is -0.122. The molecule has 3 rings (SSSR count). The lowest BCUT2D eigenvalue weighted by Crippen LogP contribution is -2.41. The highest BCUT2D eigenvalue weighted by Gasteiger charge is 2.33. The molecule has 0 saturated heterocycles. The molecule has 136 valence electrons. The highest BCUT2D eigenvalue weighted by Crippen LogP contribution is 2.34. The topological polar surface area (TPSA) is 71.4 Å². The minimum Gasteiger partial charge on any atom is -0.354 e. The number of hydrogen-bond donors (Lipinski definition) is 1. The summed E-state index contributed by atoms with van der Waals surface area (Å²) in [5, 5.41) is 2.88. The first-order valence-electron chi connectivity index (χ1n) is 9.20. The van der Waals surface area contributed by atoms with Crippen LogP contribution in [0.25, 0.3) is 0 Å². The summed E-state index contributed by atoms with van der Waals surface area (Å²) in [7, 11) is 1.74. The van der Waals surface area contributed by atoms with Crippen LogP contribution in [-0.4, -0.2) is 40.9 Å². The molecular formula is C19H27N3O3. The fourth-order valence-electron chi connectivity index (χ4n) is 3.26. The van der Waals surface area contributed by atoms with Gasteiger partial charge in [-0.3, -0.25) is 14.4 Å². The van der Waals surface area contributed by atoms with Gasteiger partial charge in [0, 0.05) is 25.8 Å². The minimum atomic E-state index is -0.402. The van der Waals surface area contributed by atoms with E-state index >= 15 is 0 Å². The molecule has 2 aliphatic rings. The molecule has 1 aromatic rings. The second-order valence-electron chi connectivity index (χ2n) is 7.45. The Morgan fingerprint density at radius 2 is 2.04 bits per heavy atom. The number of hydrogen-bond acceptors (Lipinski definition) is 3. The highest BCUT2D eigenvalue weighted by molar-refractivity contribution is 5.94. The largest absolute Gasteiger partial charge is 0.354 e. The van der Waals surface area contributed by atoms with Crippen LogP contribution in [0.2, 0.25) is 0 Å². The van der Waals surface area contributed by atoms with E-state index in [2.05, 4.69) is 5.32 Å². The molecule has 0 aliphatic heterocycles. The SMILES string of the molecule is C[C@@H](C1CC1)N(C)C(=O)c1cccn(CC(=O)NCC2CCC2)c1=O. The molecule has 25 heavy (non-hydrogen) atoms. The molecule has 0 spiro atoms. The normalized spacial score (nSPS) is 18.3. The van der Waals surface area contributed by atoms with Crippen LogP contribution in [0.15, 0.2) is 23.1 Å². The smallest absolute Gasteiger partial charge is 0.263 e. The minimum absolute atomic E-state index is 0.0471. The predicted octanol–water partition coefficient (Wildman–Crippen LogP) is 1.64. The number of nitrogens with zero attached hydrogens (tertiary/aromatic N) is 2. The summed E-state index contributed by atoms with van der Waals surface area (Å²) in [4.78, 5) is 39.0. The van der Waals surface area contributed by atoms with Crippen LogP contribution in [-0.2, 0) is 11.3 Å². The van der Waals surface area contributed by atoms with Gasteiger partial charge < -0.3 is 14.8 Å². The van der Waals surface area contributed by atoms with Crippen molar-refractivity contribution in [3.8, 4) is 0 Å². The Morgan fingerprint density at radius 1 is 1.32 bits per heavy atom. The Kier molecular flexibility index (Phi) is 5.25. The monoisotopic (exact) mass is 345 g/mol. The maximum absolute atomic E-state index is 12.7. The molecule has 6 heteroatoms. The molecule has 0 bridgehead atoms. The molecule has 2 fully saturated rings. The maximum atomic E-state index is 12.7. The molecule has 1 heterocycles. The van der Waals surface area contributed by atoms with Crippen LogP contribution >= 0.6 is 0 Å². The molecule has 0 unspecified atom stereocenters. The second-order valence-corrected chi connectivity index (χ2v) is 7.45. The third kappa shape index (κ3) is 4.11. The molecule has 0 aromatic carbocycles. The van der Waals surface area contributed by atoms with E-state index in [9.17, 15) is 14.4 Å². The number of pyridine rings is 1. The molecule has 6 nitrogen and oxygen atoms in total. The van der Waals surface area contributed by atoms with Crippen molar-refractivity contribution < 1.29 is 9.59 Å². The number of carbonyl (C=O) groups is 2. The van der Waals surface area contributed by atoms with E-state index in [1.165, 1.54) is 11.0 Å². The van der Waals surface area contributed by atoms with Gasteiger partial charge in [0.05, 0.1) is 0 Å². The summed E-state index contributed by atoms with van der Waals surface area (Å²) in [5.74, 6) is 0.662. The van der Waals surface area contributed by atoms with Crippen molar-refractivity contribution in [2.75, 3.05) is 13.6 Å². The van der Waals surface area contributed by atoms with Crippen LogP contribution in [0.3, 0.4) is 0 Å². The highest BCUT2D eigenvalue weighted by atomic mass is 16.2. The van der Waals surface area contributed by atoms with E-state index in [4.69, 9.17) is 0 Å². The summed E-state index contributed by atoms with van der Waals surface area (Å²) in [6.07, 6.45) is 7.40. The molecule has 0 radical (unpaired) electrons. The van der Waals surface area contributed by atoms with Gasteiger partial charge in [0.15, 0.2) is 0 Å². The lowest BCUT2D eigenvalue weighted by Gasteiger charge is -2.25. The van der Waals surface area contributed by atoms with Crippen molar-refractivity contribution >= 4 is 11.8 Å². The molecule has 1 N–H and O–H groups in total. The van der Waals surface area contributed by atoms with E-state index in [0.717, 1.165) is 25.7 Å². The van der Waals surface area contributed by atoms with Gasteiger partial charge in [-0.05, 0) is 56.6 Å². The predicted molar refractivity (Wildman–Crippen MR) is 95.3 cm³/mol. The van der Waals surface area contributed by atoms with Crippen LogP contribution < -0.4 is 10.9 Å². The summed E-state index contributed by atoms with van der Waals surface area (Å²) in [5.41, 5.74) is -0.273. The van der Waals surface area contributed by atoms with Gasteiger partial charge >= 0.3 is 0 Å². The molecule has 2 amide bonds. The van der Waals surface area contributed by atoms with E-state index in [-0.39, 0.29) is 30.0 Å². The molecule has 1 aromatic heterocycles. The number of nitrogens with one attached hydrogen (secondary N) is 1. The van der Waals surface area contributed by atoms with E-state index in [1.54, 1.807) is 30.3 Å². The first kappa shape index (κ1) is 17.7. The van der Waals surface area contributed by atoms with Gasteiger partial charge in [-0.1, -0.05) is 6.42 Å². The summed E-state index contributed by atoms with van der Waals surface area (Å²) >= 11 is 0. The van der Waals surface area contributed by atoms with E-state index < -0.39 is 5.56 Å². The average Bonchev–Trinajstić information content (AvgIpc) is 3.38. The first-order valence-corrected chi connectivity index (χ1v) is 9.20. The van der Waals surface area contributed by atoms with Crippen LogP contribution in [0, 0.1) is 11.8 Å². The van der Waals surface area contributed by atoms with Gasteiger partial charge in [-0.25, -0.2) is 0 Å². The molecule has 2 aliphatic carbocycles. The van der Waals surface area contributed by atoms with Gasteiger partial charge in [0.25, 0.3) is 11.5 Å².